The van der Waals surface area contributed by atoms with E-state index in [1.165, 1.54) is 0 Å². The molecule has 0 aromatic rings. The minimum Gasteiger partial charge on any atom is -0.398 e. The van der Waals surface area contributed by atoms with Crippen molar-refractivity contribution < 1.29 is 0 Å². The van der Waals surface area contributed by atoms with Gasteiger partial charge in [0.1, 0.15) is 0 Å². The Kier molecular flexibility index (Phi) is 10.6. The van der Waals surface area contributed by atoms with Gasteiger partial charge in [0.25, 0.3) is 0 Å². The van der Waals surface area contributed by atoms with Crippen LogP contribution in [0.1, 0.15) is 27.2 Å². The average molecular weight is 405 g/mol. The maximum atomic E-state index is 6.30. The molecule has 0 radical (unpaired) electrons. The molecule has 0 amide bonds. The van der Waals surface area contributed by atoms with E-state index in [0.29, 0.717) is 10.7 Å². The smallest absolute Gasteiger partial charge is 0.0784 e. The predicted molar refractivity (Wildman–Crippen MR) is 106 cm³/mol. The molecule has 0 heterocycles. The van der Waals surface area contributed by atoms with Crippen molar-refractivity contribution in [3.63, 3.8) is 0 Å². The molecule has 2 rings (SSSR count). The van der Waals surface area contributed by atoms with Gasteiger partial charge in [-0.1, -0.05) is 77.8 Å². The molecule has 0 saturated heterocycles. The average Bonchev–Trinajstić information content (AvgIpc) is 2.81. The topological polar surface area (TPSA) is 26.0 Å². The highest BCUT2D eigenvalue weighted by molar-refractivity contribution is 9.08. The number of rotatable bonds is 1. The molecule has 1 atom stereocenters. The van der Waals surface area contributed by atoms with Crippen molar-refractivity contribution in [2.75, 3.05) is 5.83 Å². The fourth-order valence-electron chi connectivity index (χ4n) is 1.82. The molecule has 0 saturated carbocycles. The van der Waals surface area contributed by atoms with Crippen LogP contribution in [0.3, 0.4) is 0 Å². The standard InChI is InChI=1S/C15H15Cl2N.C2H6.CH3Br/c1-15(17)9-7-11(13(16)8-10-15)12-5-3-2-4-6-14(12)18;2*1-2/h3-10H,2,18H2,1H3;1-2H3;1H3. The highest BCUT2D eigenvalue weighted by atomic mass is 79.9. The highest BCUT2D eigenvalue weighted by Crippen LogP contribution is 2.31. The van der Waals surface area contributed by atoms with Crippen molar-refractivity contribution in [3.05, 3.63) is 70.5 Å². The van der Waals surface area contributed by atoms with Crippen molar-refractivity contribution in [2.24, 2.45) is 5.73 Å². The molecule has 22 heavy (non-hydrogen) atoms. The summed E-state index contributed by atoms with van der Waals surface area (Å²) in [5.41, 5.74) is 8.60. The second-order valence-corrected chi connectivity index (χ2v) is 5.71. The van der Waals surface area contributed by atoms with Crippen LogP contribution in [0.2, 0.25) is 0 Å². The van der Waals surface area contributed by atoms with Gasteiger partial charge in [0.2, 0.25) is 0 Å². The van der Waals surface area contributed by atoms with E-state index in [0.717, 1.165) is 17.6 Å². The van der Waals surface area contributed by atoms with Gasteiger partial charge in [-0.15, -0.1) is 11.6 Å². The van der Waals surface area contributed by atoms with Gasteiger partial charge in [-0.2, -0.15) is 0 Å². The first-order valence-corrected chi connectivity index (χ1v) is 9.52. The van der Waals surface area contributed by atoms with Crippen LogP contribution in [0.4, 0.5) is 0 Å². The maximum Gasteiger partial charge on any atom is 0.0784 e. The summed E-state index contributed by atoms with van der Waals surface area (Å²) in [5, 5.41) is 0.647. The first-order valence-electron chi connectivity index (χ1n) is 7.18. The molecule has 4 heteroatoms. The molecule has 1 unspecified atom stereocenters. The zero-order chi connectivity index (χ0) is 17.2. The van der Waals surface area contributed by atoms with Crippen molar-refractivity contribution in [2.45, 2.75) is 32.1 Å². The summed E-state index contributed by atoms with van der Waals surface area (Å²) >= 11 is 15.5. The molecule has 0 aromatic carbocycles. The van der Waals surface area contributed by atoms with Crippen LogP contribution >= 0.6 is 39.1 Å². The van der Waals surface area contributed by atoms with E-state index in [2.05, 4.69) is 22.0 Å². The van der Waals surface area contributed by atoms with Crippen LogP contribution in [0.15, 0.2) is 70.5 Å². The third kappa shape index (κ3) is 6.60. The van der Waals surface area contributed by atoms with Gasteiger partial charge in [0.15, 0.2) is 0 Å². The number of allylic oxidation sites excluding steroid dienone is 11. The summed E-state index contributed by atoms with van der Waals surface area (Å²) in [6.07, 6.45) is 16.4. The lowest BCUT2D eigenvalue weighted by Gasteiger charge is -2.10. The molecule has 0 aromatic heterocycles. The second-order valence-electron chi connectivity index (χ2n) is 4.49. The first kappa shape index (κ1) is 21.3. The van der Waals surface area contributed by atoms with E-state index in [4.69, 9.17) is 28.9 Å². The van der Waals surface area contributed by atoms with Crippen LogP contribution in [0.5, 0.6) is 0 Å². The van der Waals surface area contributed by atoms with Crippen molar-refractivity contribution in [1.29, 1.82) is 0 Å². The largest absolute Gasteiger partial charge is 0.398 e. The Morgan fingerprint density at radius 1 is 1.00 bits per heavy atom. The lowest BCUT2D eigenvalue weighted by Crippen LogP contribution is -2.06. The third-order valence-corrected chi connectivity index (χ3v) is 3.43. The van der Waals surface area contributed by atoms with Gasteiger partial charge in [0.05, 0.1) is 4.87 Å². The number of hydrogen-bond donors (Lipinski definition) is 1. The Labute approximate surface area is 153 Å². The molecule has 1 nitrogen and oxygen atoms in total. The molecule has 2 aliphatic carbocycles. The molecular formula is C18H24BrCl2N. The lowest BCUT2D eigenvalue weighted by atomic mass is 10.0. The monoisotopic (exact) mass is 403 g/mol. The van der Waals surface area contributed by atoms with Gasteiger partial charge in [0, 0.05) is 21.9 Å². The quantitative estimate of drug-likeness (QED) is 0.504. The first-order chi connectivity index (χ1) is 10.5. The summed E-state index contributed by atoms with van der Waals surface area (Å²) < 4.78 is 0. The molecular weight excluding hydrogens is 381 g/mol. The predicted octanol–water partition coefficient (Wildman–Crippen LogP) is 6.37. The zero-order valence-electron chi connectivity index (χ0n) is 13.5. The highest BCUT2D eigenvalue weighted by Gasteiger charge is 2.17. The number of alkyl halides is 2. The molecule has 2 aliphatic rings. The Hall–Kier alpha value is -0.700. The van der Waals surface area contributed by atoms with Gasteiger partial charge in [-0.25, -0.2) is 0 Å². The maximum absolute atomic E-state index is 6.30. The van der Waals surface area contributed by atoms with Gasteiger partial charge < -0.3 is 5.73 Å². The van der Waals surface area contributed by atoms with Crippen molar-refractivity contribution >= 4 is 39.1 Å². The fourth-order valence-corrected chi connectivity index (χ4v) is 2.17. The Morgan fingerprint density at radius 2 is 1.55 bits per heavy atom. The summed E-state index contributed by atoms with van der Waals surface area (Å²) in [6, 6.07) is 0. The number of halogens is 3. The fraction of sp³-hybridized carbons (Fsp3) is 0.333. The zero-order valence-corrected chi connectivity index (χ0v) is 16.6. The SMILES string of the molecule is CBr.CC.CC1(Cl)C=CC(Cl)=C(C2=C(N)C=CCC=C2)C=C1. The summed E-state index contributed by atoms with van der Waals surface area (Å²) in [4.78, 5) is -0.512. The van der Waals surface area contributed by atoms with Crippen LogP contribution < -0.4 is 5.73 Å². The van der Waals surface area contributed by atoms with E-state index in [1.807, 2.05) is 69.1 Å². The summed E-state index contributed by atoms with van der Waals surface area (Å²) in [5.74, 6) is 1.81. The van der Waals surface area contributed by atoms with Crippen LogP contribution in [-0.4, -0.2) is 10.7 Å². The van der Waals surface area contributed by atoms with Crippen molar-refractivity contribution in [3.8, 4) is 0 Å². The number of nitrogens with two attached hydrogens (primary N) is 1. The normalized spacial score (nSPS) is 23.2. The Morgan fingerprint density at radius 3 is 2.18 bits per heavy atom. The van der Waals surface area contributed by atoms with E-state index in [1.54, 1.807) is 0 Å². The minimum atomic E-state index is -0.512. The molecule has 0 aliphatic heterocycles. The molecule has 2 N–H and O–H groups in total. The Balaban J connectivity index is 0.00000102. The van der Waals surface area contributed by atoms with Crippen LogP contribution in [-0.2, 0) is 0 Å². The summed E-state index contributed by atoms with van der Waals surface area (Å²) in [6.45, 7) is 5.91. The number of hydrogen-bond acceptors (Lipinski definition) is 1. The molecule has 0 spiro atoms. The van der Waals surface area contributed by atoms with Gasteiger partial charge in [-0.05, 0) is 31.3 Å². The van der Waals surface area contributed by atoms with E-state index >= 15 is 0 Å². The van der Waals surface area contributed by atoms with Crippen molar-refractivity contribution in [1.82, 2.24) is 0 Å². The lowest BCUT2D eigenvalue weighted by molar-refractivity contribution is 0.992. The Bertz CT molecular complexity index is 535. The minimum absolute atomic E-state index is 0.512. The summed E-state index contributed by atoms with van der Waals surface area (Å²) in [7, 11) is 0. The van der Waals surface area contributed by atoms with E-state index in [9.17, 15) is 0 Å². The second kappa shape index (κ2) is 10.9. The molecule has 0 bridgehead atoms. The van der Waals surface area contributed by atoms with Gasteiger partial charge >= 0.3 is 0 Å². The van der Waals surface area contributed by atoms with E-state index in [-0.39, 0.29) is 0 Å². The molecule has 0 fully saturated rings. The van der Waals surface area contributed by atoms with E-state index < -0.39 is 4.87 Å². The van der Waals surface area contributed by atoms with Crippen LogP contribution in [0.25, 0.3) is 0 Å². The molecule has 122 valence electrons. The van der Waals surface area contributed by atoms with Gasteiger partial charge in [-0.3, -0.25) is 0 Å². The van der Waals surface area contributed by atoms with Crippen LogP contribution in [0, 0.1) is 0 Å². The third-order valence-electron chi connectivity index (χ3n) is 2.84.